The second kappa shape index (κ2) is 7.16. The SMILES string of the molecule is Cc1cccc(C(=O)C[C@H]2CCC[C@H]2NC(=O)OC(C)(C)C)c1. The van der Waals surface area contributed by atoms with E-state index in [9.17, 15) is 9.59 Å². The minimum Gasteiger partial charge on any atom is -0.444 e. The van der Waals surface area contributed by atoms with Crippen molar-refractivity contribution in [3.8, 4) is 0 Å². The summed E-state index contributed by atoms with van der Waals surface area (Å²) in [5, 5.41) is 2.94. The number of hydrogen-bond acceptors (Lipinski definition) is 3. The summed E-state index contributed by atoms with van der Waals surface area (Å²) in [6.45, 7) is 7.53. The first kappa shape index (κ1) is 17.5. The molecule has 1 saturated carbocycles. The van der Waals surface area contributed by atoms with Gasteiger partial charge in [-0.2, -0.15) is 0 Å². The highest BCUT2D eigenvalue weighted by atomic mass is 16.6. The molecular formula is C19H27NO3. The van der Waals surface area contributed by atoms with Gasteiger partial charge in [-0.1, -0.05) is 30.2 Å². The molecule has 0 heterocycles. The van der Waals surface area contributed by atoms with E-state index in [-0.39, 0.29) is 17.7 Å². The van der Waals surface area contributed by atoms with E-state index < -0.39 is 11.7 Å². The predicted molar refractivity (Wildman–Crippen MR) is 90.6 cm³/mol. The lowest BCUT2D eigenvalue weighted by atomic mass is 9.93. The van der Waals surface area contributed by atoms with Gasteiger partial charge in [0.05, 0.1) is 0 Å². The van der Waals surface area contributed by atoms with E-state index in [0.717, 1.165) is 30.4 Å². The Morgan fingerprint density at radius 2 is 2.00 bits per heavy atom. The molecule has 1 fully saturated rings. The summed E-state index contributed by atoms with van der Waals surface area (Å²) in [6, 6.07) is 7.71. The van der Waals surface area contributed by atoms with Crippen LogP contribution in [0.15, 0.2) is 24.3 Å². The second-order valence-corrected chi connectivity index (χ2v) is 7.44. The summed E-state index contributed by atoms with van der Waals surface area (Å²) in [4.78, 5) is 24.4. The predicted octanol–water partition coefficient (Wildman–Crippen LogP) is 4.26. The number of amides is 1. The monoisotopic (exact) mass is 317 g/mol. The van der Waals surface area contributed by atoms with Crippen molar-refractivity contribution in [1.82, 2.24) is 5.32 Å². The van der Waals surface area contributed by atoms with Gasteiger partial charge in [0.2, 0.25) is 0 Å². The van der Waals surface area contributed by atoms with E-state index in [2.05, 4.69) is 5.32 Å². The molecule has 1 N–H and O–H groups in total. The van der Waals surface area contributed by atoms with Crippen molar-refractivity contribution in [2.24, 2.45) is 5.92 Å². The lowest BCUT2D eigenvalue weighted by Gasteiger charge is -2.24. The molecule has 1 aliphatic carbocycles. The molecular weight excluding hydrogens is 290 g/mol. The third-order valence-corrected chi connectivity index (χ3v) is 4.15. The largest absolute Gasteiger partial charge is 0.444 e. The van der Waals surface area contributed by atoms with Crippen LogP contribution in [0.3, 0.4) is 0 Å². The average Bonchev–Trinajstić information content (AvgIpc) is 2.83. The molecule has 4 nitrogen and oxygen atoms in total. The highest BCUT2D eigenvalue weighted by Gasteiger charge is 2.31. The zero-order chi connectivity index (χ0) is 17.0. The molecule has 2 atom stereocenters. The van der Waals surface area contributed by atoms with Crippen molar-refractivity contribution in [3.63, 3.8) is 0 Å². The number of ketones is 1. The van der Waals surface area contributed by atoms with Crippen LogP contribution in [0, 0.1) is 12.8 Å². The zero-order valence-electron chi connectivity index (χ0n) is 14.5. The van der Waals surface area contributed by atoms with Crippen LogP contribution in [0.2, 0.25) is 0 Å². The third kappa shape index (κ3) is 5.38. The van der Waals surface area contributed by atoms with Gasteiger partial charge in [0.1, 0.15) is 5.60 Å². The molecule has 0 bridgehead atoms. The number of rotatable bonds is 4. The molecule has 0 radical (unpaired) electrons. The van der Waals surface area contributed by atoms with Gasteiger partial charge in [-0.05, 0) is 52.5 Å². The normalized spacial score (nSPS) is 21.0. The van der Waals surface area contributed by atoms with Crippen LogP contribution in [0.4, 0.5) is 4.79 Å². The molecule has 1 aromatic carbocycles. The molecule has 1 amide bonds. The number of nitrogens with one attached hydrogen (secondary N) is 1. The van der Waals surface area contributed by atoms with Crippen molar-refractivity contribution >= 4 is 11.9 Å². The topological polar surface area (TPSA) is 55.4 Å². The number of hydrogen-bond donors (Lipinski definition) is 1. The minimum atomic E-state index is -0.504. The number of carbonyl (C=O) groups excluding carboxylic acids is 2. The van der Waals surface area contributed by atoms with Crippen LogP contribution >= 0.6 is 0 Å². The maximum atomic E-state index is 12.5. The Hall–Kier alpha value is -1.84. The van der Waals surface area contributed by atoms with Gasteiger partial charge in [0.15, 0.2) is 5.78 Å². The number of carbonyl (C=O) groups is 2. The molecule has 0 unspecified atom stereocenters. The molecule has 2 rings (SSSR count). The fraction of sp³-hybridized carbons (Fsp3) is 0.579. The molecule has 0 saturated heterocycles. The summed E-state index contributed by atoms with van der Waals surface area (Å²) >= 11 is 0. The van der Waals surface area contributed by atoms with Crippen LogP contribution in [-0.4, -0.2) is 23.5 Å². The van der Waals surface area contributed by atoms with E-state index >= 15 is 0 Å². The Balaban J connectivity index is 1.94. The Morgan fingerprint density at radius 3 is 2.65 bits per heavy atom. The van der Waals surface area contributed by atoms with Crippen molar-refractivity contribution in [3.05, 3.63) is 35.4 Å². The molecule has 1 aromatic rings. The van der Waals surface area contributed by atoms with Gasteiger partial charge < -0.3 is 10.1 Å². The lowest BCUT2D eigenvalue weighted by molar-refractivity contribution is 0.0489. The Kier molecular flexibility index (Phi) is 5.45. The number of alkyl carbamates (subject to hydrolysis) is 1. The van der Waals surface area contributed by atoms with Crippen molar-refractivity contribution in [2.45, 2.75) is 65.0 Å². The summed E-state index contributed by atoms with van der Waals surface area (Å²) < 4.78 is 5.32. The first-order valence-corrected chi connectivity index (χ1v) is 8.34. The number of ether oxygens (including phenoxy) is 1. The Bertz CT molecular complexity index is 574. The zero-order valence-corrected chi connectivity index (χ0v) is 14.5. The van der Waals surface area contributed by atoms with Gasteiger partial charge in [-0.3, -0.25) is 4.79 Å². The first-order chi connectivity index (χ1) is 10.7. The van der Waals surface area contributed by atoms with E-state index in [0.29, 0.717) is 6.42 Å². The molecule has 126 valence electrons. The molecule has 0 aliphatic heterocycles. The highest BCUT2D eigenvalue weighted by Crippen LogP contribution is 2.30. The van der Waals surface area contributed by atoms with Crippen LogP contribution in [0.5, 0.6) is 0 Å². The second-order valence-electron chi connectivity index (χ2n) is 7.44. The highest BCUT2D eigenvalue weighted by molar-refractivity contribution is 5.96. The molecule has 0 aromatic heterocycles. The van der Waals surface area contributed by atoms with Gasteiger partial charge in [-0.25, -0.2) is 4.79 Å². The smallest absolute Gasteiger partial charge is 0.407 e. The van der Waals surface area contributed by atoms with Gasteiger partial charge >= 0.3 is 6.09 Å². The quantitative estimate of drug-likeness (QED) is 0.844. The number of Topliss-reactive ketones (excluding diaryl/α,β-unsaturated/α-hetero) is 1. The maximum Gasteiger partial charge on any atom is 0.407 e. The van der Waals surface area contributed by atoms with E-state index in [4.69, 9.17) is 4.74 Å². The standard InChI is InChI=1S/C19H27NO3/c1-13-7-5-9-15(11-13)17(21)12-14-8-6-10-16(14)20-18(22)23-19(2,3)4/h5,7,9,11,14,16H,6,8,10,12H2,1-4H3,(H,20,22)/t14-,16-/m1/s1. The fourth-order valence-electron chi connectivity index (χ4n) is 3.10. The summed E-state index contributed by atoms with van der Waals surface area (Å²) in [5.74, 6) is 0.340. The van der Waals surface area contributed by atoms with Crippen LogP contribution in [0.1, 0.15) is 62.4 Å². The van der Waals surface area contributed by atoms with Crippen LogP contribution < -0.4 is 5.32 Å². The summed E-state index contributed by atoms with van der Waals surface area (Å²) in [7, 11) is 0. The fourth-order valence-corrected chi connectivity index (χ4v) is 3.10. The lowest BCUT2D eigenvalue weighted by Crippen LogP contribution is -2.41. The summed E-state index contributed by atoms with van der Waals surface area (Å²) in [6.07, 6.45) is 3.00. The molecule has 23 heavy (non-hydrogen) atoms. The number of benzene rings is 1. The Morgan fingerprint density at radius 1 is 1.26 bits per heavy atom. The first-order valence-electron chi connectivity index (χ1n) is 8.34. The van der Waals surface area contributed by atoms with Crippen molar-refractivity contribution in [1.29, 1.82) is 0 Å². The van der Waals surface area contributed by atoms with Crippen LogP contribution in [-0.2, 0) is 4.74 Å². The van der Waals surface area contributed by atoms with E-state index in [1.807, 2.05) is 52.0 Å². The van der Waals surface area contributed by atoms with Crippen molar-refractivity contribution in [2.75, 3.05) is 0 Å². The maximum absolute atomic E-state index is 12.5. The van der Waals surface area contributed by atoms with Gasteiger partial charge in [0, 0.05) is 18.0 Å². The van der Waals surface area contributed by atoms with Gasteiger partial charge in [-0.15, -0.1) is 0 Å². The van der Waals surface area contributed by atoms with Crippen LogP contribution in [0.25, 0.3) is 0 Å². The summed E-state index contributed by atoms with van der Waals surface area (Å²) in [5.41, 5.74) is 1.34. The minimum absolute atomic E-state index is 0.0265. The van der Waals surface area contributed by atoms with E-state index in [1.54, 1.807) is 0 Å². The number of aryl methyl sites for hydroxylation is 1. The van der Waals surface area contributed by atoms with E-state index in [1.165, 1.54) is 0 Å². The molecule has 4 heteroatoms. The average molecular weight is 317 g/mol. The van der Waals surface area contributed by atoms with Gasteiger partial charge in [0.25, 0.3) is 0 Å². The molecule has 0 spiro atoms. The van der Waals surface area contributed by atoms with Crippen molar-refractivity contribution < 1.29 is 14.3 Å². The third-order valence-electron chi connectivity index (χ3n) is 4.15. The Labute approximate surface area is 138 Å². The molecule has 1 aliphatic rings.